The van der Waals surface area contributed by atoms with Crippen LogP contribution in [0.5, 0.6) is 11.5 Å². The van der Waals surface area contributed by atoms with Crippen LogP contribution >= 0.6 is 0 Å². The van der Waals surface area contributed by atoms with Gasteiger partial charge in [-0.25, -0.2) is 4.79 Å². The quantitative estimate of drug-likeness (QED) is 0.506. The third-order valence-corrected chi connectivity index (χ3v) is 3.90. The van der Waals surface area contributed by atoms with Gasteiger partial charge in [-0.05, 0) is 6.92 Å². The Morgan fingerprint density at radius 1 is 1.09 bits per heavy atom. The van der Waals surface area contributed by atoms with Gasteiger partial charge < -0.3 is 24.8 Å². The van der Waals surface area contributed by atoms with E-state index in [4.69, 9.17) is 9.47 Å². The first kappa shape index (κ1) is 15.0. The highest BCUT2D eigenvalue weighted by Gasteiger charge is 2.43. The summed E-state index contributed by atoms with van der Waals surface area (Å²) in [5.41, 5.74) is -1.90. The van der Waals surface area contributed by atoms with Gasteiger partial charge in [-0.15, -0.1) is 0 Å². The van der Waals surface area contributed by atoms with Gasteiger partial charge in [0.2, 0.25) is 5.78 Å². The number of fused-ring (bicyclic) bond motifs is 2. The average molecular weight is 320 g/mol. The van der Waals surface area contributed by atoms with Crippen LogP contribution in [0.3, 0.4) is 0 Å². The second kappa shape index (κ2) is 4.82. The van der Waals surface area contributed by atoms with Gasteiger partial charge >= 0.3 is 5.97 Å². The molecule has 0 saturated carbocycles. The molecule has 0 saturated heterocycles. The number of benzene rings is 1. The lowest BCUT2D eigenvalue weighted by Crippen LogP contribution is -2.32. The van der Waals surface area contributed by atoms with Gasteiger partial charge in [0.1, 0.15) is 29.3 Å². The van der Waals surface area contributed by atoms with Crippen LogP contribution in [0.4, 0.5) is 0 Å². The standard InChI is InChI=1S/C15H12O8/c1-4-11(17)9-10(15(21)23-4)13(19)7-5(16)3-6(22-2)12(18)8(7)14(9)20/h3-4,11,17,19-20H,1-2H3/t4-,11-/m0/s1. The summed E-state index contributed by atoms with van der Waals surface area (Å²) in [6.45, 7) is 1.38. The number of phenols is 2. The molecule has 1 aromatic carbocycles. The lowest BCUT2D eigenvalue weighted by molar-refractivity contribution is -0.0226. The van der Waals surface area contributed by atoms with E-state index >= 15 is 0 Å². The van der Waals surface area contributed by atoms with Crippen molar-refractivity contribution >= 4 is 17.5 Å². The SMILES string of the molecule is COC1=CC(=O)c2c(O)c3c(c(O)c2C1=O)[C@@H](O)[C@H](C)OC3=O. The van der Waals surface area contributed by atoms with Crippen LogP contribution in [0.25, 0.3) is 0 Å². The first-order valence-corrected chi connectivity index (χ1v) is 6.65. The lowest BCUT2D eigenvalue weighted by atomic mass is 9.83. The summed E-state index contributed by atoms with van der Waals surface area (Å²) < 4.78 is 9.64. The number of cyclic esters (lactones) is 1. The third-order valence-electron chi connectivity index (χ3n) is 3.90. The minimum absolute atomic E-state index is 0.321. The van der Waals surface area contributed by atoms with Crippen LogP contribution in [0.2, 0.25) is 0 Å². The maximum absolute atomic E-state index is 12.3. The number of allylic oxidation sites excluding steroid dienone is 2. The van der Waals surface area contributed by atoms with Crippen LogP contribution in [-0.2, 0) is 9.47 Å². The second-order valence-corrected chi connectivity index (χ2v) is 5.20. The molecule has 0 fully saturated rings. The van der Waals surface area contributed by atoms with Gasteiger partial charge in [-0.3, -0.25) is 9.59 Å². The van der Waals surface area contributed by atoms with Crippen molar-refractivity contribution in [2.45, 2.75) is 19.1 Å². The Balaban J connectivity index is 2.40. The highest BCUT2D eigenvalue weighted by atomic mass is 16.6. The predicted octanol–water partition coefficient (Wildman–Crippen LogP) is 0.599. The maximum Gasteiger partial charge on any atom is 0.342 e. The number of phenolic OH excluding ortho intramolecular Hbond substituents is 2. The van der Waals surface area contributed by atoms with E-state index in [1.807, 2.05) is 0 Å². The molecule has 1 heterocycles. The second-order valence-electron chi connectivity index (χ2n) is 5.20. The summed E-state index contributed by atoms with van der Waals surface area (Å²) in [6.07, 6.45) is -1.60. The van der Waals surface area contributed by atoms with Crippen LogP contribution in [0.1, 0.15) is 49.7 Å². The van der Waals surface area contributed by atoms with Crippen molar-refractivity contribution in [2.75, 3.05) is 7.11 Å². The first-order valence-electron chi connectivity index (χ1n) is 6.65. The molecule has 0 bridgehead atoms. The first-order chi connectivity index (χ1) is 10.8. The molecule has 23 heavy (non-hydrogen) atoms. The topological polar surface area (TPSA) is 130 Å². The fourth-order valence-electron chi connectivity index (χ4n) is 2.76. The number of carbonyl (C=O) groups excluding carboxylic acids is 3. The van der Waals surface area contributed by atoms with E-state index in [9.17, 15) is 29.7 Å². The molecule has 1 aromatic rings. The lowest BCUT2D eigenvalue weighted by Gasteiger charge is -2.30. The van der Waals surface area contributed by atoms with E-state index in [0.717, 1.165) is 6.08 Å². The number of esters is 1. The maximum atomic E-state index is 12.3. The van der Waals surface area contributed by atoms with Gasteiger partial charge in [0, 0.05) is 11.6 Å². The highest BCUT2D eigenvalue weighted by Crippen LogP contribution is 2.46. The smallest absolute Gasteiger partial charge is 0.342 e. The van der Waals surface area contributed by atoms with E-state index in [1.165, 1.54) is 14.0 Å². The van der Waals surface area contributed by atoms with Crippen LogP contribution < -0.4 is 0 Å². The highest BCUT2D eigenvalue weighted by molar-refractivity contribution is 6.27. The Morgan fingerprint density at radius 3 is 2.35 bits per heavy atom. The van der Waals surface area contributed by atoms with E-state index in [-0.39, 0.29) is 11.3 Å². The Labute approximate surface area is 129 Å². The molecule has 1 aliphatic carbocycles. The fourth-order valence-corrected chi connectivity index (χ4v) is 2.76. The molecule has 120 valence electrons. The van der Waals surface area contributed by atoms with Gasteiger partial charge in [0.15, 0.2) is 11.5 Å². The number of methoxy groups -OCH3 is 1. The molecule has 0 amide bonds. The van der Waals surface area contributed by atoms with Crippen molar-refractivity contribution in [2.24, 2.45) is 0 Å². The molecular formula is C15H12O8. The number of aliphatic hydroxyl groups excluding tert-OH is 1. The Hall–Kier alpha value is -2.87. The zero-order valence-corrected chi connectivity index (χ0v) is 12.1. The third kappa shape index (κ3) is 1.85. The average Bonchev–Trinajstić information content (AvgIpc) is 2.50. The van der Waals surface area contributed by atoms with E-state index in [0.29, 0.717) is 0 Å². The molecule has 8 nitrogen and oxygen atoms in total. The minimum Gasteiger partial charge on any atom is -0.507 e. The van der Waals surface area contributed by atoms with Crippen molar-refractivity contribution in [3.05, 3.63) is 34.1 Å². The van der Waals surface area contributed by atoms with Crippen LogP contribution in [0, 0.1) is 0 Å². The summed E-state index contributed by atoms with van der Waals surface area (Å²) in [5.74, 6) is -4.53. The van der Waals surface area contributed by atoms with Crippen molar-refractivity contribution in [1.29, 1.82) is 0 Å². The minimum atomic E-state index is -1.46. The van der Waals surface area contributed by atoms with E-state index < -0.39 is 57.9 Å². The molecule has 0 aromatic heterocycles. The zero-order valence-electron chi connectivity index (χ0n) is 12.1. The van der Waals surface area contributed by atoms with Gasteiger partial charge in [-0.1, -0.05) is 0 Å². The number of ether oxygens (including phenoxy) is 2. The molecule has 0 radical (unpaired) electrons. The molecule has 8 heteroatoms. The number of aromatic hydroxyl groups is 2. The van der Waals surface area contributed by atoms with Crippen molar-refractivity contribution in [3.63, 3.8) is 0 Å². The van der Waals surface area contributed by atoms with E-state index in [2.05, 4.69) is 0 Å². The number of aliphatic hydroxyl groups is 1. The molecule has 3 rings (SSSR count). The summed E-state index contributed by atoms with van der Waals surface area (Å²) in [4.78, 5) is 36.4. The summed E-state index contributed by atoms with van der Waals surface area (Å²) >= 11 is 0. The van der Waals surface area contributed by atoms with Gasteiger partial charge in [-0.2, -0.15) is 0 Å². The van der Waals surface area contributed by atoms with Gasteiger partial charge in [0.25, 0.3) is 0 Å². The zero-order chi connectivity index (χ0) is 17.0. The van der Waals surface area contributed by atoms with Gasteiger partial charge in [0.05, 0.1) is 18.2 Å². The number of rotatable bonds is 1. The summed E-state index contributed by atoms with van der Waals surface area (Å²) in [7, 11) is 1.17. The Bertz CT molecular complexity index is 804. The van der Waals surface area contributed by atoms with Crippen molar-refractivity contribution in [1.82, 2.24) is 0 Å². The summed E-state index contributed by atoms with van der Waals surface area (Å²) in [5, 5.41) is 30.8. The molecule has 2 atom stereocenters. The Morgan fingerprint density at radius 2 is 1.74 bits per heavy atom. The Kier molecular flexibility index (Phi) is 3.15. The van der Waals surface area contributed by atoms with E-state index in [1.54, 1.807) is 0 Å². The number of hydrogen-bond acceptors (Lipinski definition) is 8. The molecule has 0 spiro atoms. The largest absolute Gasteiger partial charge is 0.507 e. The van der Waals surface area contributed by atoms with Crippen LogP contribution in [0.15, 0.2) is 11.8 Å². The normalized spacial score (nSPS) is 22.9. The number of hydrogen-bond donors (Lipinski definition) is 3. The summed E-state index contributed by atoms with van der Waals surface area (Å²) in [6, 6.07) is 0. The molecule has 0 unspecified atom stereocenters. The molecule has 3 N–H and O–H groups in total. The molecular weight excluding hydrogens is 308 g/mol. The van der Waals surface area contributed by atoms with Crippen molar-refractivity contribution in [3.8, 4) is 11.5 Å². The number of Topliss-reactive ketones (excluding diaryl/α,β-unsaturated/α-hetero) is 1. The fraction of sp³-hybridized carbons (Fsp3) is 0.267. The predicted molar refractivity (Wildman–Crippen MR) is 73.4 cm³/mol. The molecule has 1 aliphatic heterocycles. The van der Waals surface area contributed by atoms with Crippen LogP contribution in [-0.4, -0.2) is 46.1 Å². The number of carbonyl (C=O) groups is 3. The number of ketones is 2. The monoisotopic (exact) mass is 320 g/mol. The molecule has 2 aliphatic rings. The van der Waals surface area contributed by atoms with Crippen molar-refractivity contribution < 1.29 is 39.2 Å².